The molecule has 0 aromatic heterocycles. The fraction of sp³-hybridized carbons (Fsp3) is 0.400. The molecule has 0 radical (unpaired) electrons. The van der Waals surface area contributed by atoms with Gasteiger partial charge in [0.1, 0.15) is 0 Å². The van der Waals surface area contributed by atoms with Crippen molar-refractivity contribution in [3.05, 3.63) is 72.8 Å². The summed E-state index contributed by atoms with van der Waals surface area (Å²) in [5, 5.41) is 11.9. The van der Waals surface area contributed by atoms with Crippen molar-refractivity contribution in [2.75, 3.05) is 6.61 Å². The number of rotatable bonds is 9. The number of hydrogen-bond donors (Lipinski definition) is 0. The topological polar surface area (TPSA) is 42.2 Å². The van der Waals surface area contributed by atoms with Crippen molar-refractivity contribution < 1.29 is 8.85 Å². The maximum Gasteiger partial charge on any atom is 0.261 e. The van der Waals surface area contributed by atoms with Crippen LogP contribution in [0.1, 0.15) is 27.2 Å². The Morgan fingerprint density at radius 2 is 1.43 bits per heavy atom. The lowest BCUT2D eigenvalue weighted by atomic mass is 10.2. The molecule has 0 aliphatic rings. The van der Waals surface area contributed by atoms with Crippen molar-refractivity contribution in [2.45, 2.75) is 58.0 Å². The van der Waals surface area contributed by atoms with E-state index in [0.29, 0.717) is 6.61 Å². The molecule has 160 valence electrons. The van der Waals surface area contributed by atoms with E-state index >= 15 is 0 Å². The molecule has 0 bridgehead atoms. The average molecular weight is 438 g/mol. The Labute approximate surface area is 184 Å². The molecular weight excluding hydrogens is 402 g/mol. The second kappa shape index (κ2) is 10.4. The molecule has 5 heteroatoms. The zero-order valence-electron chi connectivity index (χ0n) is 19.2. The van der Waals surface area contributed by atoms with Crippen LogP contribution in [0, 0.1) is 11.3 Å². The van der Waals surface area contributed by atoms with Gasteiger partial charge in [-0.15, -0.1) is 0 Å². The fourth-order valence-corrected chi connectivity index (χ4v) is 9.22. The van der Waals surface area contributed by atoms with E-state index in [9.17, 15) is 5.26 Å². The molecule has 0 heterocycles. The Balaban J connectivity index is 2.25. The van der Waals surface area contributed by atoms with Crippen LogP contribution in [0.5, 0.6) is 0 Å². The molecule has 3 nitrogen and oxygen atoms in total. The van der Waals surface area contributed by atoms with Gasteiger partial charge in [-0.05, 0) is 47.5 Å². The van der Waals surface area contributed by atoms with Crippen molar-refractivity contribution in [1.82, 2.24) is 0 Å². The fourth-order valence-electron chi connectivity index (χ4n) is 3.75. The predicted molar refractivity (Wildman–Crippen MR) is 131 cm³/mol. The number of nitriles is 1. The van der Waals surface area contributed by atoms with Gasteiger partial charge in [-0.2, -0.15) is 5.26 Å². The van der Waals surface area contributed by atoms with Crippen molar-refractivity contribution in [2.24, 2.45) is 0 Å². The third-order valence-corrected chi connectivity index (χ3v) is 10.9. The molecule has 1 atom stereocenters. The average Bonchev–Trinajstić information content (AvgIpc) is 2.69. The SMILES string of the molecule is CC(C)(C)[Si](OCC/C=C/C(C#N)O[Si](C)(C)C)(c1ccccc1)c1ccccc1. The lowest BCUT2D eigenvalue weighted by Gasteiger charge is -2.43. The summed E-state index contributed by atoms with van der Waals surface area (Å²) >= 11 is 0. The summed E-state index contributed by atoms with van der Waals surface area (Å²) in [6, 6.07) is 23.5. The summed E-state index contributed by atoms with van der Waals surface area (Å²) in [5.41, 5.74) is 0. The van der Waals surface area contributed by atoms with Crippen LogP contribution in [0.15, 0.2) is 72.8 Å². The maximum atomic E-state index is 9.35. The first-order valence-corrected chi connectivity index (χ1v) is 15.9. The molecule has 2 aromatic carbocycles. The molecule has 0 amide bonds. The van der Waals surface area contributed by atoms with E-state index in [1.54, 1.807) is 0 Å². The highest BCUT2D eigenvalue weighted by Gasteiger charge is 2.49. The van der Waals surface area contributed by atoms with Crippen LogP contribution in [-0.4, -0.2) is 29.3 Å². The highest BCUT2D eigenvalue weighted by atomic mass is 28.4. The minimum Gasteiger partial charge on any atom is -0.407 e. The Bertz CT molecular complexity index is 807. The first-order valence-electron chi connectivity index (χ1n) is 10.6. The van der Waals surface area contributed by atoms with E-state index in [2.05, 4.69) is 107 Å². The van der Waals surface area contributed by atoms with Gasteiger partial charge in [0, 0.05) is 6.61 Å². The quantitative estimate of drug-likeness (QED) is 0.305. The van der Waals surface area contributed by atoms with E-state index in [1.807, 2.05) is 12.2 Å². The highest BCUT2D eigenvalue weighted by Crippen LogP contribution is 2.36. The third-order valence-electron chi connectivity index (χ3n) is 4.94. The summed E-state index contributed by atoms with van der Waals surface area (Å²) in [6.45, 7) is 13.7. The molecule has 0 aliphatic carbocycles. The van der Waals surface area contributed by atoms with Gasteiger partial charge >= 0.3 is 0 Å². The predicted octanol–water partition coefficient (Wildman–Crippen LogP) is 5.25. The molecule has 2 aromatic rings. The molecule has 0 aliphatic heterocycles. The molecule has 0 spiro atoms. The second-order valence-corrected chi connectivity index (χ2v) is 18.3. The van der Waals surface area contributed by atoms with E-state index in [4.69, 9.17) is 8.85 Å². The molecule has 30 heavy (non-hydrogen) atoms. The van der Waals surface area contributed by atoms with Crippen LogP contribution in [-0.2, 0) is 8.85 Å². The second-order valence-electron chi connectivity index (χ2n) is 9.51. The monoisotopic (exact) mass is 437 g/mol. The molecule has 2 rings (SSSR count). The Kier molecular flexibility index (Phi) is 8.39. The maximum absolute atomic E-state index is 9.35. The lowest BCUT2D eigenvalue weighted by molar-refractivity contribution is 0.292. The van der Waals surface area contributed by atoms with Crippen LogP contribution in [0.4, 0.5) is 0 Å². The van der Waals surface area contributed by atoms with Gasteiger partial charge in [0.05, 0.1) is 6.07 Å². The zero-order chi connectivity index (χ0) is 22.3. The molecule has 0 fully saturated rings. The Morgan fingerprint density at radius 3 is 1.83 bits per heavy atom. The van der Waals surface area contributed by atoms with Crippen molar-refractivity contribution >= 4 is 27.0 Å². The van der Waals surface area contributed by atoms with Crippen LogP contribution in [0.2, 0.25) is 24.7 Å². The van der Waals surface area contributed by atoms with E-state index in [-0.39, 0.29) is 5.04 Å². The van der Waals surface area contributed by atoms with E-state index in [1.165, 1.54) is 10.4 Å². The number of hydrogen-bond acceptors (Lipinski definition) is 3. The molecule has 1 unspecified atom stereocenters. The van der Waals surface area contributed by atoms with E-state index in [0.717, 1.165) is 6.42 Å². The van der Waals surface area contributed by atoms with Gasteiger partial charge in [0.25, 0.3) is 8.32 Å². The van der Waals surface area contributed by atoms with Gasteiger partial charge in [-0.3, -0.25) is 0 Å². The van der Waals surface area contributed by atoms with Gasteiger partial charge in [-0.1, -0.05) is 87.5 Å². The van der Waals surface area contributed by atoms with Gasteiger partial charge in [0.2, 0.25) is 0 Å². The van der Waals surface area contributed by atoms with Crippen LogP contribution in [0.3, 0.4) is 0 Å². The highest BCUT2D eigenvalue weighted by molar-refractivity contribution is 6.99. The zero-order valence-corrected chi connectivity index (χ0v) is 21.2. The lowest BCUT2D eigenvalue weighted by Crippen LogP contribution is -2.66. The van der Waals surface area contributed by atoms with Crippen LogP contribution >= 0.6 is 0 Å². The van der Waals surface area contributed by atoms with Crippen molar-refractivity contribution in [1.29, 1.82) is 5.26 Å². The summed E-state index contributed by atoms with van der Waals surface area (Å²) in [4.78, 5) is 0. The Hall–Kier alpha value is -1.98. The molecule has 0 N–H and O–H groups in total. The third kappa shape index (κ3) is 6.26. The van der Waals surface area contributed by atoms with Gasteiger partial charge in [0.15, 0.2) is 14.4 Å². The Morgan fingerprint density at radius 1 is 0.933 bits per heavy atom. The summed E-state index contributed by atoms with van der Waals surface area (Å²) in [6.07, 6.45) is 4.15. The first-order chi connectivity index (χ1) is 14.1. The van der Waals surface area contributed by atoms with Crippen LogP contribution < -0.4 is 10.4 Å². The van der Waals surface area contributed by atoms with Crippen molar-refractivity contribution in [3.63, 3.8) is 0 Å². The van der Waals surface area contributed by atoms with Gasteiger partial charge in [-0.25, -0.2) is 0 Å². The minimum atomic E-state index is -2.50. The summed E-state index contributed by atoms with van der Waals surface area (Å²) < 4.78 is 12.7. The number of benzene rings is 2. The first kappa shape index (κ1) is 24.3. The standard InChI is InChI=1S/C25H35NO2Si2/c1-25(2,3)30(23-16-9-7-10-17-23,24-18-11-8-12-19-24)27-20-14-13-15-22(21-26)28-29(4,5)6/h7-13,15-19,22H,14,20H2,1-6H3/b15-13+. The molecular formula is C25H35NO2Si2. The molecule has 0 saturated carbocycles. The van der Waals surface area contributed by atoms with Crippen LogP contribution in [0.25, 0.3) is 0 Å². The van der Waals surface area contributed by atoms with Gasteiger partial charge < -0.3 is 8.85 Å². The van der Waals surface area contributed by atoms with E-state index < -0.39 is 22.7 Å². The normalized spacial score (nSPS) is 13.9. The minimum absolute atomic E-state index is 0.0322. The number of nitrogens with zero attached hydrogens (tertiary/aromatic N) is 1. The largest absolute Gasteiger partial charge is 0.407 e. The molecule has 0 saturated heterocycles. The summed E-state index contributed by atoms with van der Waals surface area (Å²) in [5.74, 6) is 0. The van der Waals surface area contributed by atoms with Crippen molar-refractivity contribution in [3.8, 4) is 6.07 Å². The smallest absolute Gasteiger partial charge is 0.261 e. The summed E-state index contributed by atoms with van der Waals surface area (Å²) in [7, 11) is -4.25.